The van der Waals surface area contributed by atoms with E-state index in [1.807, 2.05) is 25.1 Å². The van der Waals surface area contributed by atoms with Crippen LogP contribution in [0.4, 0.5) is 5.69 Å². The third-order valence-corrected chi connectivity index (χ3v) is 3.66. The fraction of sp³-hybridized carbons (Fsp3) is 0.300. The van der Waals surface area contributed by atoms with Crippen molar-refractivity contribution in [3.05, 3.63) is 65.7 Å². The SMILES string of the molecule is CCCNC(=O)c1cccc(NC(=O)CCCc2ccccc2)c1. The zero-order chi connectivity index (χ0) is 17.2. The molecule has 2 N–H and O–H groups in total. The molecule has 0 saturated carbocycles. The van der Waals surface area contributed by atoms with E-state index in [-0.39, 0.29) is 11.8 Å². The van der Waals surface area contributed by atoms with Crippen LogP contribution >= 0.6 is 0 Å². The highest BCUT2D eigenvalue weighted by Crippen LogP contribution is 2.12. The second-order valence-corrected chi connectivity index (χ2v) is 5.72. The van der Waals surface area contributed by atoms with Crippen LogP contribution in [-0.2, 0) is 11.2 Å². The summed E-state index contributed by atoms with van der Waals surface area (Å²) in [6, 6.07) is 17.2. The molecule has 0 aliphatic rings. The third-order valence-electron chi connectivity index (χ3n) is 3.66. The van der Waals surface area contributed by atoms with E-state index in [1.165, 1.54) is 5.56 Å². The third kappa shape index (κ3) is 5.88. The number of amides is 2. The molecule has 24 heavy (non-hydrogen) atoms. The molecule has 2 aromatic carbocycles. The average molecular weight is 324 g/mol. The maximum atomic E-state index is 12.0. The molecule has 0 fully saturated rings. The highest BCUT2D eigenvalue weighted by molar-refractivity contribution is 5.97. The van der Waals surface area contributed by atoms with Crippen molar-refractivity contribution in [2.45, 2.75) is 32.6 Å². The lowest BCUT2D eigenvalue weighted by Gasteiger charge is -2.08. The highest BCUT2D eigenvalue weighted by atomic mass is 16.2. The van der Waals surface area contributed by atoms with Gasteiger partial charge in [-0.25, -0.2) is 0 Å². The molecule has 0 aromatic heterocycles. The second kappa shape index (κ2) is 9.50. The molecule has 0 atom stereocenters. The summed E-state index contributed by atoms with van der Waals surface area (Å²) in [4.78, 5) is 24.0. The van der Waals surface area contributed by atoms with Gasteiger partial charge in [0.15, 0.2) is 0 Å². The number of carbonyl (C=O) groups excluding carboxylic acids is 2. The number of carbonyl (C=O) groups is 2. The number of aryl methyl sites for hydroxylation is 1. The fourth-order valence-corrected chi connectivity index (χ4v) is 2.40. The Bertz CT molecular complexity index is 668. The Labute approximate surface area is 143 Å². The Morgan fingerprint density at radius 1 is 1.00 bits per heavy atom. The minimum Gasteiger partial charge on any atom is -0.352 e. The molecule has 4 nitrogen and oxygen atoms in total. The van der Waals surface area contributed by atoms with Gasteiger partial charge in [0.25, 0.3) is 5.91 Å². The number of benzene rings is 2. The van der Waals surface area contributed by atoms with E-state index in [0.29, 0.717) is 24.2 Å². The smallest absolute Gasteiger partial charge is 0.251 e. The lowest BCUT2D eigenvalue weighted by atomic mass is 10.1. The van der Waals surface area contributed by atoms with Crippen LogP contribution < -0.4 is 10.6 Å². The van der Waals surface area contributed by atoms with Crippen molar-refractivity contribution in [1.82, 2.24) is 5.32 Å². The van der Waals surface area contributed by atoms with Crippen molar-refractivity contribution >= 4 is 17.5 Å². The summed E-state index contributed by atoms with van der Waals surface area (Å²) < 4.78 is 0. The predicted molar refractivity (Wildman–Crippen MR) is 97.1 cm³/mol. The van der Waals surface area contributed by atoms with Gasteiger partial charge in [-0.2, -0.15) is 0 Å². The van der Waals surface area contributed by atoms with Crippen LogP contribution in [0.25, 0.3) is 0 Å². The maximum absolute atomic E-state index is 12.0. The molecule has 126 valence electrons. The van der Waals surface area contributed by atoms with Crippen molar-refractivity contribution in [2.75, 3.05) is 11.9 Å². The molecule has 0 aliphatic carbocycles. The number of hydrogen-bond acceptors (Lipinski definition) is 2. The van der Waals surface area contributed by atoms with Gasteiger partial charge in [-0.1, -0.05) is 43.3 Å². The number of rotatable bonds is 8. The first-order valence-electron chi connectivity index (χ1n) is 8.41. The molecule has 0 unspecified atom stereocenters. The van der Waals surface area contributed by atoms with Gasteiger partial charge in [-0.15, -0.1) is 0 Å². The number of nitrogens with one attached hydrogen (secondary N) is 2. The Morgan fingerprint density at radius 2 is 1.79 bits per heavy atom. The van der Waals surface area contributed by atoms with Gasteiger partial charge in [-0.05, 0) is 43.0 Å². The van der Waals surface area contributed by atoms with Crippen molar-refractivity contribution in [3.8, 4) is 0 Å². The first kappa shape index (κ1) is 17.7. The summed E-state index contributed by atoms with van der Waals surface area (Å²) in [5.74, 6) is -0.144. The molecular formula is C20H24N2O2. The van der Waals surface area contributed by atoms with E-state index in [0.717, 1.165) is 19.3 Å². The van der Waals surface area contributed by atoms with Gasteiger partial charge < -0.3 is 10.6 Å². The zero-order valence-electron chi connectivity index (χ0n) is 14.0. The van der Waals surface area contributed by atoms with Crippen molar-refractivity contribution in [1.29, 1.82) is 0 Å². The molecule has 4 heteroatoms. The largest absolute Gasteiger partial charge is 0.352 e. The van der Waals surface area contributed by atoms with Gasteiger partial charge in [0.1, 0.15) is 0 Å². The van der Waals surface area contributed by atoms with Crippen LogP contribution in [0, 0.1) is 0 Å². The van der Waals surface area contributed by atoms with Gasteiger partial charge in [0.2, 0.25) is 5.91 Å². The monoisotopic (exact) mass is 324 g/mol. The van der Waals surface area contributed by atoms with E-state index >= 15 is 0 Å². The second-order valence-electron chi connectivity index (χ2n) is 5.72. The molecule has 0 spiro atoms. The molecule has 0 aliphatic heterocycles. The molecular weight excluding hydrogens is 300 g/mol. The van der Waals surface area contributed by atoms with Crippen molar-refractivity contribution < 1.29 is 9.59 Å². The van der Waals surface area contributed by atoms with Crippen LogP contribution in [-0.4, -0.2) is 18.4 Å². The van der Waals surface area contributed by atoms with Crippen LogP contribution in [0.1, 0.15) is 42.1 Å². The first-order valence-corrected chi connectivity index (χ1v) is 8.41. The van der Waals surface area contributed by atoms with Gasteiger partial charge >= 0.3 is 0 Å². The minimum absolute atomic E-state index is 0.0305. The topological polar surface area (TPSA) is 58.2 Å². The fourth-order valence-electron chi connectivity index (χ4n) is 2.40. The summed E-state index contributed by atoms with van der Waals surface area (Å²) in [5.41, 5.74) is 2.45. The summed E-state index contributed by atoms with van der Waals surface area (Å²) in [6.45, 7) is 2.65. The lowest BCUT2D eigenvalue weighted by Crippen LogP contribution is -2.24. The van der Waals surface area contributed by atoms with Crippen molar-refractivity contribution in [2.24, 2.45) is 0 Å². The summed E-state index contributed by atoms with van der Waals surface area (Å²) in [7, 11) is 0. The van der Waals surface area contributed by atoms with E-state index in [9.17, 15) is 9.59 Å². The van der Waals surface area contributed by atoms with E-state index < -0.39 is 0 Å². The van der Waals surface area contributed by atoms with Gasteiger partial charge in [0, 0.05) is 24.2 Å². The maximum Gasteiger partial charge on any atom is 0.251 e. The average Bonchev–Trinajstić information content (AvgIpc) is 2.61. The lowest BCUT2D eigenvalue weighted by molar-refractivity contribution is -0.116. The first-order chi connectivity index (χ1) is 11.7. The molecule has 0 saturated heterocycles. The number of hydrogen-bond donors (Lipinski definition) is 2. The quantitative estimate of drug-likeness (QED) is 0.776. The van der Waals surface area contributed by atoms with Crippen LogP contribution in [0.5, 0.6) is 0 Å². The molecule has 2 aromatic rings. The Balaban J connectivity index is 1.82. The van der Waals surface area contributed by atoms with Crippen LogP contribution in [0.15, 0.2) is 54.6 Å². The normalized spacial score (nSPS) is 10.2. The standard InChI is InChI=1S/C20H24N2O2/c1-2-14-21-20(24)17-11-7-12-18(15-17)22-19(23)13-6-10-16-8-4-3-5-9-16/h3-5,7-9,11-12,15H,2,6,10,13-14H2,1H3,(H,21,24)(H,22,23). The predicted octanol–water partition coefficient (Wildman–Crippen LogP) is 3.79. The van der Waals surface area contributed by atoms with Crippen LogP contribution in [0.2, 0.25) is 0 Å². The van der Waals surface area contributed by atoms with E-state index in [4.69, 9.17) is 0 Å². The summed E-state index contributed by atoms with van der Waals surface area (Å²) in [6.07, 6.45) is 3.03. The molecule has 0 bridgehead atoms. The van der Waals surface area contributed by atoms with E-state index in [1.54, 1.807) is 24.3 Å². The van der Waals surface area contributed by atoms with Crippen molar-refractivity contribution in [3.63, 3.8) is 0 Å². The highest BCUT2D eigenvalue weighted by Gasteiger charge is 2.07. The summed E-state index contributed by atoms with van der Waals surface area (Å²) in [5, 5.41) is 5.69. The number of anilines is 1. The van der Waals surface area contributed by atoms with Gasteiger partial charge in [-0.3, -0.25) is 9.59 Å². The Morgan fingerprint density at radius 3 is 2.54 bits per heavy atom. The van der Waals surface area contributed by atoms with E-state index in [2.05, 4.69) is 22.8 Å². The van der Waals surface area contributed by atoms with Crippen LogP contribution in [0.3, 0.4) is 0 Å². The molecule has 0 radical (unpaired) electrons. The molecule has 2 rings (SSSR count). The minimum atomic E-state index is -0.114. The Kier molecular flexibility index (Phi) is 7.02. The Hall–Kier alpha value is -2.62. The molecule has 2 amide bonds. The zero-order valence-corrected chi connectivity index (χ0v) is 14.0. The molecule has 0 heterocycles. The summed E-state index contributed by atoms with van der Waals surface area (Å²) >= 11 is 0. The van der Waals surface area contributed by atoms with Gasteiger partial charge in [0.05, 0.1) is 0 Å².